The Bertz CT molecular complexity index is 544. The van der Waals surface area contributed by atoms with Crippen molar-refractivity contribution in [1.29, 1.82) is 0 Å². The van der Waals surface area contributed by atoms with Gasteiger partial charge in [-0.15, -0.1) is 0 Å². The predicted molar refractivity (Wildman–Crippen MR) is 66.0 cm³/mol. The van der Waals surface area contributed by atoms with Gasteiger partial charge in [-0.05, 0) is 31.9 Å². The van der Waals surface area contributed by atoms with Crippen molar-refractivity contribution < 1.29 is 9.53 Å². The highest BCUT2D eigenvalue weighted by Gasteiger charge is 2.56. The molecule has 2 heteroatoms. The van der Waals surface area contributed by atoms with E-state index in [1.54, 1.807) is 0 Å². The fraction of sp³-hybridized carbons (Fsp3) is 0.400. The topological polar surface area (TPSA) is 26.3 Å². The molecule has 0 spiro atoms. The smallest absolute Gasteiger partial charge is 0.318 e. The highest BCUT2D eigenvalue weighted by atomic mass is 16.5. The van der Waals surface area contributed by atoms with Crippen molar-refractivity contribution in [3.63, 3.8) is 0 Å². The first-order chi connectivity index (χ1) is 7.97. The lowest BCUT2D eigenvalue weighted by Crippen LogP contribution is -2.48. The van der Waals surface area contributed by atoms with Crippen LogP contribution in [0.4, 0.5) is 0 Å². The second-order valence-electron chi connectivity index (χ2n) is 5.53. The van der Waals surface area contributed by atoms with Gasteiger partial charge in [0.2, 0.25) is 0 Å². The van der Waals surface area contributed by atoms with Gasteiger partial charge in [0.15, 0.2) is 0 Å². The molecule has 0 unspecified atom stereocenters. The first-order valence-corrected chi connectivity index (χ1v) is 5.98. The second kappa shape index (κ2) is 3.00. The Morgan fingerprint density at radius 2 is 2.06 bits per heavy atom. The van der Waals surface area contributed by atoms with Gasteiger partial charge in [-0.25, -0.2) is 0 Å². The van der Waals surface area contributed by atoms with Gasteiger partial charge in [-0.3, -0.25) is 4.79 Å². The summed E-state index contributed by atoms with van der Waals surface area (Å²) in [6, 6.07) is 6.12. The summed E-state index contributed by atoms with van der Waals surface area (Å²) < 4.78 is 5.52. The number of hydrogen-bond acceptors (Lipinski definition) is 2. The molecule has 0 saturated heterocycles. The van der Waals surface area contributed by atoms with Crippen LogP contribution in [0, 0.1) is 12.3 Å². The molecule has 0 amide bonds. The normalized spacial score (nSPS) is 34.2. The van der Waals surface area contributed by atoms with E-state index in [4.69, 9.17) is 4.74 Å². The Morgan fingerprint density at radius 1 is 1.29 bits per heavy atom. The van der Waals surface area contributed by atoms with Crippen molar-refractivity contribution in [2.75, 3.05) is 0 Å². The SMILES string of the molecule is Cc1ccc2c(c1)OC(=O)[C@@]1(C)CC=C[C@@]21C. The molecule has 0 radical (unpaired) electrons. The van der Waals surface area contributed by atoms with Gasteiger partial charge < -0.3 is 4.74 Å². The standard InChI is InChI=1S/C15H16O2/c1-10-5-6-11-12(9-10)17-13(16)15(3)8-4-7-14(11,15)2/h4-7,9H,8H2,1-3H3/t14-,15+/m0/s1. The highest BCUT2D eigenvalue weighted by Crippen LogP contribution is 2.55. The quantitative estimate of drug-likeness (QED) is 0.387. The molecule has 0 aromatic heterocycles. The largest absolute Gasteiger partial charge is 0.426 e. The molecule has 2 aliphatic rings. The lowest BCUT2D eigenvalue weighted by molar-refractivity contribution is -0.149. The fourth-order valence-corrected chi connectivity index (χ4v) is 2.96. The van der Waals surface area contributed by atoms with Gasteiger partial charge in [0.1, 0.15) is 5.75 Å². The summed E-state index contributed by atoms with van der Waals surface area (Å²) in [5.74, 6) is 0.615. The molecule has 1 heterocycles. The molecule has 88 valence electrons. The second-order valence-corrected chi connectivity index (χ2v) is 5.53. The minimum atomic E-state index is -0.449. The zero-order valence-electron chi connectivity index (χ0n) is 10.4. The van der Waals surface area contributed by atoms with Crippen molar-refractivity contribution in [2.24, 2.45) is 5.41 Å². The fourth-order valence-electron chi connectivity index (χ4n) is 2.96. The van der Waals surface area contributed by atoms with E-state index in [-0.39, 0.29) is 11.4 Å². The van der Waals surface area contributed by atoms with Crippen LogP contribution >= 0.6 is 0 Å². The number of carbonyl (C=O) groups excluding carboxylic acids is 1. The lowest BCUT2D eigenvalue weighted by atomic mass is 9.62. The number of aryl methyl sites for hydroxylation is 1. The molecular formula is C15H16O2. The van der Waals surface area contributed by atoms with Gasteiger partial charge >= 0.3 is 5.97 Å². The molecule has 0 N–H and O–H groups in total. The number of fused-ring (bicyclic) bond motifs is 3. The Hall–Kier alpha value is -1.57. The summed E-state index contributed by atoms with van der Waals surface area (Å²) >= 11 is 0. The van der Waals surface area contributed by atoms with E-state index in [9.17, 15) is 4.79 Å². The van der Waals surface area contributed by atoms with Crippen LogP contribution in [-0.2, 0) is 10.2 Å². The van der Waals surface area contributed by atoms with E-state index in [2.05, 4.69) is 31.2 Å². The van der Waals surface area contributed by atoms with Crippen LogP contribution in [0.2, 0.25) is 0 Å². The van der Waals surface area contributed by atoms with Crippen LogP contribution < -0.4 is 4.74 Å². The molecule has 2 nitrogen and oxygen atoms in total. The lowest BCUT2D eigenvalue weighted by Gasteiger charge is -2.43. The van der Waals surface area contributed by atoms with Crippen LogP contribution in [0.25, 0.3) is 0 Å². The number of esters is 1. The van der Waals surface area contributed by atoms with Gasteiger partial charge in [-0.1, -0.05) is 31.2 Å². The van der Waals surface area contributed by atoms with Crippen molar-refractivity contribution >= 4 is 5.97 Å². The molecule has 0 bridgehead atoms. The van der Waals surface area contributed by atoms with Gasteiger partial charge in [0.05, 0.1) is 5.41 Å². The molecular weight excluding hydrogens is 212 g/mol. The van der Waals surface area contributed by atoms with Crippen LogP contribution in [0.3, 0.4) is 0 Å². The summed E-state index contributed by atoms with van der Waals surface area (Å²) in [4.78, 5) is 12.2. The Morgan fingerprint density at radius 3 is 2.82 bits per heavy atom. The predicted octanol–water partition coefficient (Wildman–Crippen LogP) is 3.14. The van der Waals surface area contributed by atoms with Crippen molar-refractivity contribution in [1.82, 2.24) is 0 Å². The summed E-state index contributed by atoms with van der Waals surface area (Å²) in [6.07, 6.45) is 5.01. The van der Waals surface area contributed by atoms with Crippen molar-refractivity contribution in [2.45, 2.75) is 32.6 Å². The number of carbonyl (C=O) groups is 1. The maximum Gasteiger partial charge on any atom is 0.318 e. The van der Waals surface area contributed by atoms with Crippen LogP contribution in [0.15, 0.2) is 30.4 Å². The molecule has 1 aliphatic carbocycles. The van der Waals surface area contributed by atoms with E-state index in [1.165, 1.54) is 0 Å². The van der Waals surface area contributed by atoms with Gasteiger partial charge in [0, 0.05) is 11.0 Å². The highest BCUT2D eigenvalue weighted by molar-refractivity contribution is 5.86. The number of hydrogen-bond donors (Lipinski definition) is 0. The third-order valence-corrected chi connectivity index (χ3v) is 4.47. The van der Waals surface area contributed by atoms with Crippen LogP contribution in [-0.4, -0.2) is 5.97 Å². The monoisotopic (exact) mass is 228 g/mol. The summed E-state index contributed by atoms with van der Waals surface area (Å²) in [5.41, 5.74) is 1.56. The Labute approximate surface area is 101 Å². The molecule has 1 aromatic carbocycles. The van der Waals surface area contributed by atoms with Crippen LogP contribution in [0.1, 0.15) is 31.4 Å². The molecule has 0 fully saturated rings. The molecule has 1 aromatic rings. The summed E-state index contributed by atoms with van der Waals surface area (Å²) in [5, 5.41) is 0. The maximum atomic E-state index is 12.2. The number of benzene rings is 1. The van der Waals surface area contributed by atoms with E-state index >= 15 is 0 Å². The molecule has 0 saturated carbocycles. The third-order valence-electron chi connectivity index (χ3n) is 4.47. The van der Waals surface area contributed by atoms with E-state index < -0.39 is 5.41 Å². The first-order valence-electron chi connectivity index (χ1n) is 5.98. The molecule has 1 aliphatic heterocycles. The molecule has 3 rings (SSSR count). The average molecular weight is 228 g/mol. The number of ether oxygens (including phenoxy) is 1. The number of rotatable bonds is 0. The zero-order valence-corrected chi connectivity index (χ0v) is 10.4. The summed E-state index contributed by atoms with van der Waals surface area (Å²) in [6.45, 7) is 6.14. The molecule has 17 heavy (non-hydrogen) atoms. The zero-order chi connectivity index (χ0) is 12.3. The van der Waals surface area contributed by atoms with E-state index in [0.717, 1.165) is 23.3 Å². The number of allylic oxidation sites excluding steroid dienone is 2. The first kappa shape index (κ1) is 10.6. The summed E-state index contributed by atoms with van der Waals surface area (Å²) in [7, 11) is 0. The third kappa shape index (κ3) is 1.13. The van der Waals surface area contributed by atoms with Gasteiger partial charge in [-0.2, -0.15) is 0 Å². The average Bonchev–Trinajstić information content (AvgIpc) is 2.57. The molecule has 2 atom stereocenters. The van der Waals surface area contributed by atoms with E-state index in [0.29, 0.717) is 0 Å². The Kier molecular flexibility index (Phi) is 1.87. The minimum absolute atomic E-state index is 0.108. The van der Waals surface area contributed by atoms with E-state index in [1.807, 2.05) is 19.9 Å². The van der Waals surface area contributed by atoms with Crippen LogP contribution in [0.5, 0.6) is 5.75 Å². The van der Waals surface area contributed by atoms with Crippen molar-refractivity contribution in [3.05, 3.63) is 41.5 Å². The minimum Gasteiger partial charge on any atom is -0.426 e. The Balaban J connectivity index is 2.28. The van der Waals surface area contributed by atoms with Crippen molar-refractivity contribution in [3.8, 4) is 5.75 Å². The van der Waals surface area contributed by atoms with Gasteiger partial charge in [0.25, 0.3) is 0 Å². The maximum absolute atomic E-state index is 12.2.